The minimum Gasteiger partial charge on any atom is -0.398 e. The maximum Gasteiger partial charge on any atom is 0.241 e. The lowest BCUT2D eigenvalue weighted by molar-refractivity contribution is 0.579. The van der Waals surface area contributed by atoms with Crippen LogP contribution in [0.1, 0.15) is 17.0 Å². The molecule has 0 amide bonds. The number of nitrogen functional groups attached to an aromatic ring is 1. The monoisotopic (exact) mass is 281 g/mol. The van der Waals surface area contributed by atoms with E-state index < -0.39 is 10.0 Å². The largest absolute Gasteiger partial charge is 0.398 e. The van der Waals surface area contributed by atoms with Crippen LogP contribution in [0.15, 0.2) is 23.4 Å². The number of hydrogen-bond acceptors (Lipinski definition) is 5. The minimum atomic E-state index is -3.62. The molecule has 1 aromatic heterocycles. The van der Waals surface area contributed by atoms with Crippen molar-refractivity contribution in [3.05, 3.63) is 35.4 Å². The van der Waals surface area contributed by atoms with Gasteiger partial charge in [-0.25, -0.2) is 18.1 Å². The van der Waals surface area contributed by atoms with E-state index in [1.807, 2.05) is 13.8 Å². The summed E-state index contributed by atoms with van der Waals surface area (Å²) in [6.07, 6.45) is 1.32. The average Bonchev–Trinajstić information content (AvgIpc) is 2.86. The second-order valence-electron chi connectivity index (χ2n) is 4.21. The Morgan fingerprint density at radius 3 is 2.68 bits per heavy atom. The molecule has 1 aromatic carbocycles. The molecular weight excluding hydrogens is 266 g/mol. The molecule has 19 heavy (non-hydrogen) atoms. The third-order valence-corrected chi connectivity index (χ3v) is 4.27. The fraction of sp³-hybridized carbons (Fsp3) is 0.273. The van der Waals surface area contributed by atoms with Crippen molar-refractivity contribution in [1.82, 2.24) is 19.9 Å². The number of aromatic amines is 1. The van der Waals surface area contributed by atoms with E-state index in [1.54, 1.807) is 6.07 Å². The van der Waals surface area contributed by atoms with Crippen molar-refractivity contribution < 1.29 is 8.42 Å². The fourth-order valence-corrected chi connectivity index (χ4v) is 2.68. The summed E-state index contributed by atoms with van der Waals surface area (Å²) in [5.74, 6) is 0.445. The first-order valence-corrected chi connectivity index (χ1v) is 7.09. The van der Waals surface area contributed by atoms with Gasteiger partial charge < -0.3 is 5.73 Å². The Morgan fingerprint density at radius 1 is 1.37 bits per heavy atom. The number of anilines is 1. The van der Waals surface area contributed by atoms with Crippen molar-refractivity contribution in [2.45, 2.75) is 25.3 Å². The number of H-pyrrole nitrogens is 1. The Balaban J connectivity index is 2.24. The molecule has 0 radical (unpaired) electrons. The zero-order valence-corrected chi connectivity index (χ0v) is 11.5. The van der Waals surface area contributed by atoms with Crippen molar-refractivity contribution in [2.75, 3.05) is 5.73 Å². The van der Waals surface area contributed by atoms with Crippen LogP contribution in [0.2, 0.25) is 0 Å². The third-order valence-electron chi connectivity index (χ3n) is 2.89. The van der Waals surface area contributed by atoms with E-state index in [-0.39, 0.29) is 11.4 Å². The van der Waals surface area contributed by atoms with Gasteiger partial charge in [0.1, 0.15) is 12.2 Å². The van der Waals surface area contributed by atoms with Crippen molar-refractivity contribution >= 4 is 15.7 Å². The van der Waals surface area contributed by atoms with Gasteiger partial charge in [0.05, 0.1) is 11.4 Å². The Bertz CT molecular complexity index is 656. The summed E-state index contributed by atoms with van der Waals surface area (Å²) >= 11 is 0. The summed E-state index contributed by atoms with van der Waals surface area (Å²) in [6.45, 7) is 3.72. The molecule has 0 fully saturated rings. The number of hydrogen-bond donors (Lipinski definition) is 3. The molecular formula is C11H15N5O2S. The van der Waals surface area contributed by atoms with Crippen molar-refractivity contribution in [3.63, 3.8) is 0 Å². The highest BCUT2D eigenvalue weighted by Crippen LogP contribution is 2.21. The standard InChI is InChI=1S/C11H15N5O2S/c1-7-3-9(4-10(12)8(7)2)19(17,18)15-5-11-13-6-14-16-11/h3-4,6,15H,5,12H2,1-2H3,(H,13,14,16). The first kappa shape index (κ1) is 13.5. The number of nitrogens with two attached hydrogens (primary N) is 1. The summed E-state index contributed by atoms with van der Waals surface area (Å²) in [5.41, 5.74) is 7.96. The lowest BCUT2D eigenvalue weighted by Gasteiger charge is -2.10. The predicted molar refractivity (Wildman–Crippen MR) is 70.7 cm³/mol. The maximum absolute atomic E-state index is 12.1. The van der Waals surface area contributed by atoms with Gasteiger partial charge in [-0.05, 0) is 37.1 Å². The number of nitrogens with zero attached hydrogens (tertiary/aromatic N) is 2. The van der Waals surface area contributed by atoms with Crippen LogP contribution in [0.25, 0.3) is 0 Å². The van der Waals surface area contributed by atoms with Crippen LogP contribution in [0.4, 0.5) is 5.69 Å². The number of aromatic nitrogens is 3. The Labute approximate surface area is 111 Å². The number of aryl methyl sites for hydroxylation is 1. The first-order chi connectivity index (χ1) is 8.90. The molecule has 8 heteroatoms. The van der Waals surface area contributed by atoms with Gasteiger partial charge in [0.25, 0.3) is 0 Å². The van der Waals surface area contributed by atoms with Crippen LogP contribution in [-0.2, 0) is 16.6 Å². The fourth-order valence-electron chi connectivity index (χ4n) is 1.57. The molecule has 4 N–H and O–H groups in total. The van der Waals surface area contributed by atoms with Crippen LogP contribution >= 0.6 is 0 Å². The second-order valence-corrected chi connectivity index (χ2v) is 5.98. The quantitative estimate of drug-likeness (QED) is 0.705. The zero-order chi connectivity index (χ0) is 14.0. The molecule has 0 spiro atoms. The van der Waals surface area contributed by atoms with Gasteiger partial charge in [-0.15, -0.1) is 0 Å². The first-order valence-electron chi connectivity index (χ1n) is 5.61. The van der Waals surface area contributed by atoms with Crippen LogP contribution in [0.5, 0.6) is 0 Å². The Hall–Kier alpha value is -1.93. The summed E-state index contributed by atoms with van der Waals surface area (Å²) in [4.78, 5) is 3.99. The zero-order valence-electron chi connectivity index (χ0n) is 10.6. The Morgan fingerprint density at radius 2 is 2.11 bits per heavy atom. The molecule has 0 aliphatic rings. The molecule has 2 rings (SSSR count). The summed E-state index contributed by atoms with van der Waals surface area (Å²) in [6, 6.07) is 3.04. The molecule has 0 aliphatic carbocycles. The minimum absolute atomic E-state index is 0.0508. The van der Waals surface area contributed by atoms with E-state index in [0.717, 1.165) is 11.1 Å². The van der Waals surface area contributed by atoms with Crippen molar-refractivity contribution in [3.8, 4) is 0 Å². The van der Waals surface area contributed by atoms with Gasteiger partial charge in [0.2, 0.25) is 10.0 Å². The highest BCUT2D eigenvalue weighted by Gasteiger charge is 2.16. The van der Waals surface area contributed by atoms with Crippen LogP contribution in [0.3, 0.4) is 0 Å². The van der Waals surface area contributed by atoms with Gasteiger partial charge in [-0.1, -0.05) is 0 Å². The molecule has 0 unspecified atom stereocenters. The van der Waals surface area contributed by atoms with E-state index >= 15 is 0 Å². The smallest absolute Gasteiger partial charge is 0.241 e. The van der Waals surface area contributed by atoms with E-state index in [9.17, 15) is 8.42 Å². The molecule has 0 saturated heterocycles. The number of sulfonamides is 1. The number of rotatable bonds is 4. The van der Waals surface area contributed by atoms with Crippen LogP contribution in [0, 0.1) is 13.8 Å². The lowest BCUT2D eigenvalue weighted by Crippen LogP contribution is -2.24. The van der Waals surface area contributed by atoms with E-state index in [2.05, 4.69) is 19.9 Å². The molecule has 0 saturated carbocycles. The van der Waals surface area contributed by atoms with Gasteiger partial charge in [0.15, 0.2) is 0 Å². The molecule has 0 atom stereocenters. The van der Waals surface area contributed by atoms with E-state index in [1.165, 1.54) is 12.4 Å². The van der Waals surface area contributed by atoms with Crippen molar-refractivity contribution in [1.29, 1.82) is 0 Å². The van der Waals surface area contributed by atoms with Gasteiger partial charge >= 0.3 is 0 Å². The second kappa shape index (κ2) is 4.98. The number of nitrogens with one attached hydrogen (secondary N) is 2. The maximum atomic E-state index is 12.1. The lowest BCUT2D eigenvalue weighted by atomic mass is 10.1. The average molecular weight is 281 g/mol. The summed E-state index contributed by atoms with van der Waals surface area (Å²) in [7, 11) is -3.62. The topological polar surface area (TPSA) is 114 Å². The van der Waals surface area contributed by atoms with Gasteiger partial charge in [0, 0.05) is 5.69 Å². The summed E-state index contributed by atoms with van der Waals surface area (Å²) < 4.78 is 26.7. The van der Waals surface area contributed by atoms with Crippen molar-refractivity contribution in [2.24, 2.45) is 0 Å². The van der Waals surface area contributed by atoms with Crippen LogP contribution in [-0.4, -0.2) is 23.6 Å². The third kappa shape index (κ3) is 2.91. The Kier molecular flexibility index (Phi) is 3.54. The molecule has 0 bridgehead atoms. The predicted octanol–water partition coefficient (Wildman–Crippen LogP) is 0.482. The van der Waals surface area contributed by atoms with E-state index in [4.69, 9.17) is 5.73 Å². The van der Waals surface area contributed by atoms with Gasteiger partial charge in [-0.3, -0.25) is 5.10 Å². The normalized spacial score (nSPS) is 11.7. The SMILES string of the molecule is Cc1cc(S(=O)(=O)NCc2ncn[nH]2)cc(N)c1C. The highest BCUT2D eigenvalue weighted by molar-refractivity contribution is 7.89. The molecule has 102 valence electrons. The van der Waals surface area contributed by atoms with E-state index in [0.29, 0.717) is 11.5 Å². The summed E-state index contributed by atoms with van der Waals surface area (Å²) in [5, 5.41) is 6.22. The highest BCUT2D eigenvalue weighted by atomic mass is 32.2. The van der Waals surface area contributed by atoms with Gasteiger partial charge in [-0.2, -0.15) is 5.10 Å². The van der Waals surface area contributed by atoms with Crippen LogP contribution < -0.4 is 10.5 Å². The molecule has 0 aliphatic heterocycles. The number of benzene rings is 1. The molecule has 7 nitrogen and oxygen atoms in total. The molecule has 1 heterocycles. The molecule has 2 aromatic rings.